The molecule has 0 saturated carbocycles. The van der Waals surface area contributed by atoms with Crippen LogP contribution in [0.4, 0.5) is 4.39 Å². The molecule has 1 aromatic carbocycles. The van der Waals surface area contributed by atoms with Crippen molar-refractivity contribution in [3.8, 4) is 0 Å². The highest BCUT2D eigenvalue weighted by molar-refractivity contribution is 6.47. The van der Waals surface area contributed by atoms with Gasteiger partial charge in [-0.1, -0.05) is 10.3 Å². The number of oxime groups is 2. The van der Waals surface area contributed by atoms with Crippen molar-refractivity contribution in [2.24, 2.45) is 10.3 Å². The smallest absolute Gasteiger partial charge is 0.134 e. The minimum Gasteiger partial charge on any atom is -0.411 e. The quantitative estimate of drug-likeness (QED) is 0.430. The molecule has 74 valence electrons. The molecule has 5 heteroatoms. The van der Waals surface area contributed by atoms with Crippen LogP contribution in [0.1, 0.15) is 12.5 Å². The zero-order valence-corrected chi connectivity index (χ0v) is 7.48. The molecule has 1 rings (SSSR count). The zero-order valence-electron chi connectivity index (χ0n) is 7.48. The van der Waals surface area contributed by atoms with E-state index < -0.39 is 0 Å². The van der Waals surface area contributed by atoms with Crippen molar-refractivity contribution in [3.63, 3.8) is 0 Å². The molecular formula is C9H9FN2O2. The number of benzene rings is 1. The molecule has 0 bridgehead atoms. The van der Waals surface area contributed by atoms with E-state index in [0.717, 1.165) is 0 Å². The van der Waals surface area contributed by atoms with E-state index in [1.165, 1.54) is 31.2 Å². The van der Waals surface area contributed by atoms with E-state index >= 15 is 0 Å². The van der Waals surface area contributed by atoms with Crippen LogP contribution in [0.3, 0.4) is 0 Å². The summed E-state index contributed by atoms with van der Waals surface area (Å²) < 4.78 is 12.6. The summed E-state index contributed by atoms with van der Waals surface area (Å²) in [6.45, 7) is 1.47. The number of halogens is 1. The lowest BCUT2D eigenvalue weighted by atomic mass is 10.1. The van der Waals surface area contributed by atoms with Gasteiger partial charge >= 0.3 is 0 Å². The largest absolute Gasteiger partial charge is 0.411 e. The molecule has 14 heavy (non-hydrogen) atoms. The van der Waals surface area contributed by atoms with Crippen LogP contribution in [0.15, 0.2) is 34.6 Å². The van der Waals surface area contributed by atoms with Crippen molar-refractivity contribution in [1.82, 2.24) is 0 Å². The highest BCUT2D eigenvalue weighted by atomic mass is 19.1. The average molecular weight is 196 g/mol. The summed E-state index contributed by atoms with van der Waals surface area (Å²) in [6, 6.07) is 5.31. The zero-order chi connectivity index (χ0) is 10.6. The lowest BCUT2D eigenvalue weighted by Crippen LogP contribution is -2.12. The van der Waals surface area contributed by atoms with Gasteiger partial charge in [-0.25, -0.2) is 4.39 Å². The van der Waals surface area contributed by atoms with Crippen molar-refractivity contribution in [1.29, 1.82) is 0 Å². The maximum absolute atomic E-state index is 12.6. The van der Waals surface area contributed by atoms with Gasteiger partial charge in [-0.3, -0.25) is 0 Å². The summed E-state index contributed by atoms with van der Waals surface area (Å²) in [5.74, 6) is -0.385. The van der Waals surface area contributed by atoms with Crippen LogP contribution in [0.5, 0.6) is 0 Å². The molecular weight excluding hydrogens is 187 g/mol. The van der Waals surface area contributed by atoms with E-state index in [9.17, 15) is 4.39 Å². The van der Waals surface area contributed by atoms with E-state index in [-0.39, 0.29) is 17.2 Å². The summed E-state index contributed by atoms with van der Waals surface area (Å²) in [5.41, 5.74) is 0.732. The molecule has 0 spiro atoms. The molecule has 1 aromatic rings. The van der Waals surface area contributed by atoms with Gasteiger partial charge in [-0.2, -0.15) is 0 Å². The highest BCUT2D eigenvalue weighted by Gasteiger charge is 2.08. The van der Waals surface area contributed by atoms with Crippen molar-refractivity contribution >= 4 is 11.4 Å². The maximum atomic E-state index is 12.6. The normalized spacial score (nSPS) is 13.0. The number of nitrogens with zero attached hydrogens (tertiary/aromatic N) is 2. The minimum atomic E-state index is -0.385. The fourth-order valence-corrected chi connectivity index (χ4v) is 0.994. The fourth-order valence-electron chi connectivity index (χ4n) is 0.994. The molecule has 0 aliphatic rings. The second-order valence-corrected chi connectivity index (χ2v) is 2.64. The van der Waals surface area contributed by atoms with E-state index in [1.807, 2.05) is 0 Å². The third-order valence-corrected chi connectivity index (χ3v) is 1.71. The molecule has 0 saturated heterocycles. The lowest BCUT2D eigenvalue weighted by Gasteiger charge is -2.01. The first-order valence-corrected chi connectivity index (χ1v) is 3.86. The molecule has 0 aliphatic heterocycles. The lowest BCUT2D eigenvalue weighted by molar-refractivity contribution is 0.314. The van der Waals surface area contributed by atoms with Crippen LogP contribution in [-0.2, 0) is 0 Å². The minimum absolute atomic E-state index is 0.104. The predicted octanol–water partition coefficient (Wildman–Crippen LogP) is 1.85. The molecule has 0 heterocycles. The molecule has 0 aromatic heterocycles. The molecule has 0 unspecified atom stereocenters. The molecule has 0 atom stereocenters. The summed E-state index contributed by atoms with van der Waals surface area (Å²) in [4.78, 5) is 0. The van der Waals surface area contributed by atoms with E-state index in [0.29, 0.717) is 5.56 Å². The summed E-state index contributed by atoms with van der Waals surface area (Å²) in [6.07, 6.45) is 0. The molecule has 0 fully saturated rings. The van der Waals surface area contributed by atoms with Gasteiger partial charge in [0.05, 0.1) is 0 Å². The Kier molecular flexibility index (Phi) is 3.17. The van der Waals surface area contributed by atoms with Crippen LogP contribution in [0, 0.1) is 5.82 Å². The van der Waals surface area contributed by atoms with Gasteiger partial charge in [0, 0.05) is 5.56 Å². The third kappa shape index (κ3) is 2.07. The highest BCUT2D eigenvalue weighted by Crippen LogP contribution is 2.05. The Hall–Kier alpha value is -1.91. The van der Waals surface area contributed by atoms with Gasteiger partial charge in [0.2, 0.25) is 0 Å². The predicted molar refractivity (Wildman–Crippen MR) is 49.6 cm³/mol. The first kappa shape index (κ1) is 10.2. The van der Waals surface area contributed by atoms with Gasteiger partial charge in [-0.15, -0.1) is 0 Å². The summed E-state index contributed by atoms with van der Waals surface area (Å²) in [5, 5.41) is 23.0. The van der Waals surface area contributed by atoms with Crippen molar-refractivity contribution in [2.75, 3.05) is 0 Å². The Morgan fingerprint density at radius 3 is 2.14 bits per heavy atom. The Balaban J connectivity index is 3.09. The number of hydrogen-bond donors (Lipinski definition) is 2. The monoisotopic (exact) mass is 196 g/mol. The van der Waals surface area contributed by atoms with Crippen LogP contribution in [-0.4, -0.2) is 21.8 Å². The molecule has 2 N–H and O–H groups in total. The van der Waals surface area contributed by atoms with Gasteiger partial charge in [0.1, 0.15) is 17.2 Å². The Bertz CT molecular complexity index is 371. The van der Waals surface area contributed by atoms with E-state index in [1.54, 1.807) is 0 Å². The Labute approximate surface area is 80.0 Å². The van der Waals surface area contributed by atoms with Gasteiger partial charge in [0.15, 0.2) is 0 Å². The van der Waals surface area contributed by atoms with Crippen molar-refractivity contribution in [2.45, 2.75) is 6.92 Å². The number of rotatable bonds is 2. The molecule has 4 nitrogen and oxygen atoms in total. The van der Waals surface area contributed by atoms with E-state index in [4.69, 9.17) is 10.4 Å². The maximum Gasteiger partial charge on any atom is 0.134 e. The van der Waals surface area contributed by atoms with Crippen LogP contribution in [0.2, 0.25) is 0 Å². The molecule has 0 aliphatic carbocycles. The topological polar surface area (TPSA) is 65.2 Å². The van der Waals surface area contributed by atoms with Gasteiger partial charge < -0.3 is 10.4 Å². The average Bonchev–Trinajstić information content (AvgIpc) is 2.21. The standard InChI is InChI=1S/C9H9FN2O2/c1-6(11-13)9(12-14)7-2-4-8(10)5-3-7/h2-5,13-14H,1H3/b11-6+,12-9-. The Morgan fingerprint density at radius 1 is 1.14 bits per heavy atom. The summed E-state index contributed by atoms with van der Waals surface area (Å²) >= 11 is 0. The van der Waals surface area contributed by atoms with Gasteiger partial charge in [-0.05, 0) is 31.2 Å². The van der Waals surface area contributed by atoms with Crippen LogP contribution >= 0.6 is 0 Å². The second kappa shape index (κ2) is 4.36. The van der Waals surface area contributed by atoms with Crippen molar-refractivity contribution < 1.29 is 14.8 Å². The molecule has 0 radical (unpaired) electrons. The second-order valence-electron chi connectivity index (χ2n) is 2.64. The van der Waals surface area contributed by atoms with E-state index in [2.05, 4.69) is 10.3 Å². The SMILES string of the molecule is CC(=N\O)/C(=N/O)c1ccc(F)cc1. The first-order chi connectivity index (χ1) is 6.69. The first-order valence-electron chi connectivity index (χ1n) is 3.86. The van der Waals surface area contributed by atoms with Gasteiger partial charge in [0.25, 0.3) is 0 Å². The Morgan fingerprint density at radius 2 is 1.71 bits per heavy atom. The van der Waals surface area contributed by atoms with Crippen molar-refractivity contribution in [3.05, 3.63) is 35.6 Å². The van der Waals surface area contributed by atoms with Crippen LogP contribution in [0.25, 0.3) is 0 Å². The molecule has 0 amide bonds. The summed E-state index contributed by atoms with van der Waals surface area (Å²) in [7, 11) is 0. The van der Waals surface area contributed by atoms with Crippen LogP contribution < -0.4 is 0 Å². The fraction of sp³-hybridized carbons (Fsp3) is 0.111. The number of hydrogen-bond acceptors (Lipinski definition) is 4. The third-order valence-electron chi connectivity index (χ3n) is 1.71.